The summed E-state index contributed by atoms with van der Waals surface area (Å²) in [5.41, 5.74) is 2.76. The zero-order valence-electron chi connectivity index (χ0n) is 7.59. The fraction of sp³-hybridized carbons (Fsp3) is 0.400. The van der Waals surface area contributed by atoms with Crippen molar-refractivity contribution in [2.75, 3.05) is 0 Å². The van der Waals surface area contributed by atoms with Crippen molar-refractivity contribution in [2.45, 2.75) is 26.7 Å². The molecule has 0 saturated carbocycles. The molecule has 0 fully saturated rings. The molecule has 3 N–H and O–H groups in total. The van der Waals surface area contributed by atoms with Crippen LogP contribution < -0.4 is 6.15 Å². The summed E-state index contributed by atoms with van der Waals surface area (Å²) in [5.74, 6) is 0.653. The van der Waals surface area contributed by atoms with Crippen LogP contribution in [0.4, 0.5) is 0 Å². The van der Waals surface area contributed by atoms with E-state index in [0.717, 1.165) is 0 Å². The molecule has 0 aliphatic carbocycles. The van der Waals surface area contributed by atoms with Gasteiger partial charge in [0.1, 0.15) is 0 Å². The van der Waals surface area contributed by atoms with Gasteiger partial charge in [-0.1, -0.05) is 43.7 Å². The molecular weight excluding hydrogens is 134 g/mol. The first-order valence-electron chi connectivity index (χ1n) is 3.76. The van der Waals surface area contributed by atoms with E-state index in [1.54, 1.807) is 0 Å². The van der Waals surface area contributed by atoms with Gasteiger partial charge in [-0.2, -0.15) is 0 Å². The summed E-state index contributed by atoms with van der Waals surface area (Å²) in [4.78, 5) is 0. The van der Waals surface area contributed by atoms with E-state index < -0.39 is 0 Å². The summed E-state index contributed by atoms with van der Waals surface area (Å²) in [7, 11) is 0. The molecule has 62 valence electrons. The highest BCUT2D eigenvalue weighted by molar-refractivity contribution is 5.23. The van der Waals surface area contributed by atoms with Gasteiger partial charge in [-0.3, -0.25) is 0 Å². The molecule has 0 heterocycles. The van der Waals surface area contributed by atoms with Crippen LogP contribution in [0.15, 0.2) is 24.3 Å². The van der Waals surface area contributed by atoms with Crippen LogP contribution in [-0.2, 0) is 0 Å². The lowest BCUT2D eigenvalue weighted by Gasteiger charge is -2.03. The SMILES string of the molecule is Cc1ccc(C(C)C)cc1.N. The Morgan fingerprint density at radius 3 is 1.82 bits per heavy atom. The molecule has 0 saturated heterocycles. The van der Waals surface area contributed by atoms with Crippen LogP contribution in [0.1, 0.15) is 30.9 Å². The molecule has 1 heteroatoms. The number of aryl methyl sites for hydroxylation is 1. The van der Waals surface area contributed by atoms with Gasteiger partial charge in [-0.05, 0) is 18.4 Å². The van der Waals surface area contributed by atoms with Crippen LogP contribution in [0.3, 0.4) is 0 Å². The van der Waals surface area contributed by atoms with Crippen LogP contribution in [0.5, 0.6) is 0 Å². The van der Waals surface area contributed by atoms with E-state index in [-0.39, 0.29) is 6.15 Å². The topological polar surface area (TPSA) is 35.0 Å². The van der Waals surface area contributed by atoms with E-state index >= 15 is 0 Å². The van der Waals surface area contributed by atoms with Gasteiger partial charge in [-0.25, -0.2) is 0 Å². The number of hydrogen-bond acceptors (Lipinski definition) is 1. The van der Waals surface area contributed by atoms with Crippen LogP contribution in [0, 0.1) is 6.92 Å². The molecule has 11 heavy (non-hydrogen) atoms. The summed E-state index contributed by atoms with van der Waals surface area (Å²) in [5, 5.41) is 0. The molecule has 0 spiro atoms. The highest BCUT2D eigenvalue weighted by Crippen LogP contribution is 2.13. The molecule has 0 aliphatic rings. The average molecular weight is 151 g/mol. The quantitative estimate of drug-likeness (QED) is 0.656. The van der Waals surface area contributed by atoms with Gasteiger partial charge in [0.05, 0.1) is 0 Å². The minimum absolute atomic E-state index is 0. The number of benzene rings is 1. The minimum Gasteiger partial charge on any atom is -0.344 e. The predicted octanol–water partition coefficient (Wildman–Crippen LogP) is 3.28. The Hall–Kier alpha value is -0.820. The second-order valence-electron chi connectivity index (χ2n) is 3.07. The van der Waals surface area contributed by atoms with Crippen molar-refractivity contribution in [2.24, 2.45) is 0 Å². The van der Waals surface area contributed by atoms with E-state index in [9.17, 15) is 0 Å². The molecular formula is C10H17N. The maximum Gasteiger partial charge on any atom is -0.0219 e. The summed E-state index contributed by atoms with van der Waals surface area (Å²) in [6.45, 7) is 6.54. The third kappa shape index (κ3) is 2.72. The highest BCUT2D eigenvalue weighted by atomic mass is 14.0. The normalized spacial score (nSPS) is 9.45. The standard InChI is InChI=1S/C10H14.H3N/c1-8(2)10-6-4-9(3)5-7-10;/h4-8H,1-3H3;1H3. The van der Waals surface area contributed by atoms with E-state index in [1.165, 1.54) is 11.1 Å². The Labute approximate surface area is 69.0 Å². The third-order valence-corrected chi connectivity index (χ3v) is 1.74. The van der Waals surface area contributed by atoms with Crippen LogP contribution in [-0.4, -0.2) is 0 Å². The Morgan fingerprint density at radius 1 is 1.00 bits per heavy atom. The Morgan fingerprint density at radius 2 is 1.45 bits per heavy atom. The number of rotatable bonds is 1. The number of hydrogen-bond donors (Lipinski definition) is 1. The third-order valence-electron chi connectivity index (χ3n) is 1.74. The molecule has 0 bridgehead atoms. The van der Waals surface area contributed by atoms with Crippen LogP contribution in [0.2, 0.25) is 0 Å². The second-order valence-corrected chi connectivity index (χ2v) is 3.07. The Kier molecular flexibility index (Phi) is 3.83. The van der Waals surface area contributed by atoms with E-state index in [2.05, 4.69) is 45.0 Å². The fourth-order valence-corrected chi connectivity index (χ4v) is 0.951. The van der Waals surface area contributed by atoms with Crippen molar-refractivity contribution in [3.05, 3.63) is 35.4 Å². The van der Waals surface area contributed by atoms with Crippen molar-refractivity contribution in [3.63, 3.8) is 0 Å². The Bertz CT molecular complexity index is 199. The molecule has 0 radical (unpaired) electrons. The summed E-state index contributed by atoms with van der Waals surface area (Å²) in [6, 6.07) is 8.71. The van der Waals surface area contributed by atoms with Gasteiger partial charge in [0.2, 0.25) is 0 Å². The summed E-state index contributed by atoms with van der Waals surface area (Å²) < 4.78 is 0. The lowest BCUT2D eigenvalue weighted by atomic mass is 10.0. The maximum absolute atomic E-state index is 2.21. The average Bonchev–Trinajstić information content (AvgIpc) is 1.88. The summed E-state index contributed by atoms with van der Waals surface area (Å²) >= 11 is 0. The van der Waals surface area contributed by atoms with Crippen molar-refractivity contribution in [1.82, 2.24) is 6.15 Å². The van der Waals surface area contributed by atoms with Gasteiger partial charge in [0.15, 0.2) is 0 Å². The van der Waals surface area contributed by atoms with Gasteiger partial charge in [-0.15, -0.1) is 0 Å². The molecule has 0 unspecified atom stereocenters. The van der Waals surface area contributed by atoms with Crippen LogP contribution in [0.25, 0.3) is 0 Å². The molecule has 0 amide bonds. The predicted molar refractivity (Wildman–Crippen MR) is 50.3 cm³/mol. The molecule has 1 rings (SSSR count). The molecule has 1 nitrogen and oxygen atoms in total. The van der Waals surface area contributed by atoms with E-state index in [1.807, 2.05) is 0 Å². The van der Waals surface area contributed by atoms with E-state index in [0.29, 0.717) is 5.92 Å². The largest absolute Gasteiger partial charge is 0.344 e. The monoisotopic (exact) mass is 151 g/mol. The maximum atomic E-state index is 2.21. The van der Waals surface area contributed by atoms with Gasteiger partial charge < -0.3 is 6.15 Å². The van der Waals surface area contributed by atoms with Gasteiger partial charge in [0, 0.05) is 0 Å². The lowest BCUT2D eigenvalue weighted by molar-refractivity contribution is 0.866. The minimum atomic E-state index is 0. The zero-order chi connectivity index (χ0) is 7.56. The van der Waals surface area contributed by atoms with E-state index in [4.69, 9.17) is 0 Å². The van der Waals surface area contributed by atoms with Gasteiger partial charge >= 0.3 is 0 Å². The van der Waals surface area contributed by atoms with Crippen LogP contribution >= 0.6 is 0 Å². The Balaban J connectivity index is 0.000001000. The first-order valence-corrected chi connectivity index (χ1v) is 3.76. The second kappa shape index (κ2) is 4.14. The van der Waals surface area contributed by atoms with Crippen molar-refractivity contribution in [1.29, 1.82) is 0 Å². The molecule has 0 aromatic heterocycles. The molecule has 1 aromatic carbocycles. The molecule has 0 aliphatic heterocycles. The zero-order valence-corrected chi connectivity index (χ0v) is 7.59. The molecule has 1 aromatic rings. The smallest absolute Gasteiger partial charge is 0.0219 e. The summed E-state index contributed by atoms with van der Waals surface area (Å²) in [6.07, 6.45) is 0. The lowest BCUT2D eigenvalue weighted by Crippen LogP contribution is -1.85. The highest BCUT2D eigenvalue weighted by Gasteiger charge is 1.95. The first-order chi connectivity index (χ1) is 4.70. The van der Waals surface area contributed by atoms with Crippen molar-refractivity contribution < 1.29 is 0 Å². The first kappa shape index (κ1) is 10.2. The van der Waals surface area contributed by atoms with Gasteiger partial charge in [0.25, 0.3) is 0 Å². The fourth-order valence-electron chi connectivity index (χ4n) is 0.951. The van der Waals surface area contributed by atoms with Crippen molar-refractivity contribution >= 4 is 0 Å². The molecule has 0 atom stereocenters. The van der Waals surface area contributed by atoms with Crippen molar-refractivity contribution in [3.8, 4) is 0 Å².